The molecule has 0 bridgehead atoms. The van der Waals surface area contributed by atoms with Gasteiger partial charge in [0.1, 0.15) is 0 Å². The van der Waals surface area contributed by atoms with E-state index in [-0.39, 0.29) is 81.5 Å². The quantitative estimate of drug-likeness (QED) is 0.516. The lowest BCUT2D eigenvalue weighted by molar-refractivity contribution is -0.194. The Morgan fingerprint density at radius 3 is 2.36 bits per heavy atom. The predicted molar refractivity (Wildman–Crippen MR) is 127 cm³/mol. The molecule has 218 valence electrons. The van der Waals surface area contributed by atoms with E-state index in [0.29, 0.717) is 6.07 Å². The van der Waals surface area contributed by atoms with Gasteiger partial charge in [0.15, 0.2) is 0 Å². The summed E-state index contributed by atoms with van der Waals surface area (Å²) in [6.45, 7) is 5.80. The summed E-state index contributed by atoms with van der Waals surface area (Å²) in [6, 6.07) is -0.119. The fourth-order valence-electron chi connectivity index (χ4n) is 6.42. The summed E-state index contributed by atoms with van der Waals surface area (Å²) < 4.78 is 87.6. The van der Waals surface area contributed by atoms with Gasteiger partial charge >= 0.3 is 18.3 Å². The Morgan fingerprint density at radius 1 is 1.08 bits per heavy atom. The number of carbonyl (C=O) groups is 2. The second-order valence-electron chi connectivity index (χ2n) is 11.2. The molecule has 0 spiro atoms. The van der Waals surface area contributed by atoms with Crippen molar-refractivity contribution in [3.63, 3.8) is 0 Å². The molecule has 5 atom stereocenters. The number of hydrogen-bond donors (Lipinski definition) is 0. The molecule has 1 saturated carbocycles. The van der Waals surface area contributed by atoms with Crippen LogP contribution in [0.2, 0.25) is 0 Å². The Labute approximate surface area is 222 Å². The average Bonchev–Trinajstić information content (AvgIpc) is 3.28. The van der Waals surface area contributed by atoms with Gasteiger partial charge in [0, 0.05) is 55.4 Å². The third-order valence-corrected chi connectivity index (χ3v) is 8.38. The second kappa shape index (κ2) is 10.8. The number of alkyl halides is 6. The maximum atomic E-state index is 13.7. The zero-order valence-corrected chi connectivity index (χ0v) is 22.0. The SMILES string of the molecule is CC(C)C1CC(N(C(=O)C(F)(F)F)[C@H]2CCOC[C@H]2C)CC1C(=O)N1CCn2c(cc(C(F)(F)F)cc2=O)C1. The number of nitrogens with zero attached hydrogens (tertiary/aromatic N) is 3. The van der Waals surface area contributed by atoms with E-state index in [2.05, 4.69) is 0 Å². The van der Waals surface area contributed by atoms with Crippen LogP contribution in [-0.4, -0.2) is 64.2 Å². The van der Waals surface area contributed by atoms with Crippen LogP contribution in [0.4, 0.5) is 26.3 Å². The van der Waals surface area contributed by atoms with Gasteiger partial charge in [-0.3, -0.25) is 14.4 Å². The Hall–Kier alpha value is -2.57. The highest BCUT2D eigenvalue weighted by molar-refractivity contribution is 5.83. The monoisotopic (exact) mass is 565 g/mol. The van der Waals surface area contributed by atoms with Crippen LogP contribution in [-0.2, 0) is 33.6 Å². The number of rotatable bonds is 4. The van der Waals surface area contributed by atoms with Crippen LogP contribution in [0.15, 0.2) is 16.9 Å². The largest absolute Gasteiger partial charge is 0.471 e. The number of aromatic nitrogens is 1. The van der Waals surface area contributed by atoms with Gasteiger partial charge in [-0.05, 0) is 37.2 Å². The van der Waals surface area contributed by atoms with Crippen molar-refractivity contribution in [2.75, 3.05) is 19.8 Å². The molecule has 3 unspecified atom stereocenters. The zero-order valence-electron chi connectivity index (χ0n) is 22.0. The fraction of sp³-hybridized carbons (Fsp3) is 0.731. The van der Waals surface area contributed by atoms with Crippen molar-refractivity contribution >= 4 is 11.8 Å². The number of halogens is 6. The van der Waals surface area contributed by atoms with Crippen LogP contribution >= 0.6 is 0 Å². The molecule has 0 aromatic carbocycles. The minimum Gasteiger partial charge on any atom is -0.381 e. The summed E-state index contributed by atoms with van der Waals surface area (Å²) in [5.41, 5.74) is -1.85. The summed E-state index contributed by atoms with van der Waals surface area (Å²) in [5, 5.41) is 0. The molecular weight excluding hydrogens is 532 g/mol. The molecule has 1 saturated heterocycles. The van der Waals surface area contributed by atoms with E-state index < -0.39 is 47.4 Å². The molecular formula is C26H33F6N3O4. The van der Waals surface area contributed by atoms with E-state index in [4.69, 9.17) is 4.74 Å². The van der Waals surface area contributed by atoms with Crippen LogP contribution in [0.25, 0.3) is 0 Å². The molecule has 13 heteroatoms. The Bertz CT molecular complexity index is 1150. The van der Waals surface area contributed by atoms with Gasteiger partial charge < -0.3 is 19.1 Å². The van der Waals surface area contributed by atoms with Gasteiger partial charge in [0.25, 0.3) is 5.56 Å². The average molecular weight is 566 g/mol. The zero-order chi connectivity index (χ0) is 28.9. The van der Waals surface area contributed by atoms with Gasteiger partial charge in [-0.25, -0.2) is 0 Å². The summed E-state index contributed by atoms with van der Waals surface area (Å²) in [6.07, 6.45) is -9.31. The molecule has 2 aliphatic heterocycles. The van der Waals surface area contributed by atoms with Crippen LogP contribution in [0.3, 0.4) is 0 Å². The number of amides is 2. The van der Waals surface area contributed by atoms with E-state index in [1.807, 2.05) is 13.8 Å². The van der Waals surface area contributed by atoms with Crippen molar-refractivity contribution in [2.45, 2.75) is 77.6 Å². The number of pyridine rings is 1. The van der Waals surface area contributed by atoms with Crippen molar-refractivity contribution < 1.29 is 40.7 Å². The van der Waals surface area contributed by atoms with E-state index >= 15 is 0 Å². The van der Waals surface area contributed by atoms with Gasteiger partial charge in [-0.15, -0.1) is 0 Å². The molecule has 7 nitrogen and oxygen atoms in total. The number of carbonyl (C=O) groups excluding carboxylic acids is 2. The maximum Gasteiger partial charge on any atom is 0.471 e. The van der Waals surface area contributed by atoms with Crippen molar-refractivity contribution in [1.82, 2.24) is 14.4 Å². The molecule has 3 heterocycles. The topological polar surface area (TPSA) is 71.8 Å². The Balaban J connectivity index is 1.61. The van der Waals surface area contributed by atoms with E-state index in [9.17, 15) is 40.7 Å². The van der Waals surface area contributed by atoms with Crippen molar-refractivity contribution in [2.24, 2.45) is 23.7 Å². The third kappa shape index (κ3) is 5.97. The first-order valence-electron chi connectivity index (χ1n) is 13.2. The fourth-order valence-corrected chi connectivity index (χ4v) is 6.42. The van der Waals surface area contributed by atoms with Crippen molar-refractivity contribution in [1.29, 1.82) is 0 Å². The van der Waals surface area contributed by atoms with Crippen LogP contribution in [0.5, 0.6) is 0 Å². The van der Waals surface area contributed by atoms with Gasteiger partial charge in [0.05, 0.1) is 18.7 Å². The summed E-state index contributed by atoms with van der Waals surface area (Å²) in [5.74, 6) is -3.75. The first kappa shape index (κ1) is 29.4. The van der Waals surface area contributed by atoms with Crippen molar-refractivity contribution in [3.05, 3.63) is 33.7 Å². The van der Waals surface area contributed by atoms with E-state index in [0.717, 1.165) is 11.0 Å². The van der Waals surface area contributed by atoms with Gasteiger partial charge in [-0.2, -0.15) is 26.3 Å². The normalized spacial score (nSPS) is 27.9. The maximum absolute atomic E-state index is 13.7. The standard InChI is InChI=1S/C26H33F6N3O4/c1-14(2)19-10-17(35(24(38)26(30,31)32)21-4-7-39-13-15(21)3)11-20(19)23(37)33-5-6-34-18(12-33)8-16(9-22(34)36)25(27,28)29/h8-9,14-15,17,19-21H,4-7,10-13H2,1-3H3/t15-,17?,19?,20?,21+/m1/s1. The molecule has 3 aliphatic rings. The van der Waals surface area contributed by atoms with Crippen LogP contribution in [0.1, 0.15) is 51.3 Å². The molecule has 4 rings (SSSR count). The number of fused-ring (bicyclic) bond motifs is 1. The summed E-state index contributed by atoms with van der Waals surface area (Å²) in [4.78, 5) is 41.0. The lowest BCUT2D eigenvalue weighted by Gasteiger charge is -2.42. The highest BCUT2D eigenvalue weighted by atomic mass is 19.4. The van der Waals surface area contributed by atoms with Gasteiger partial charge in [-0.1, -0.05) is 20.8 Å². The van der Waals surface area contributed by atoms with Crippen LogP contribution < -0.4 is 5.56 Å². The Morgan fingerprint density at radius 2 is 1.77 bits per heavy atom. The molecule has 39 heavy (non-hydrogen) atoms. The highest BCUT2D eigenvalue weighted by Gasteiger charge is 2.52. The van der Waals surface area contributed by atoms with Gasteiger partial charge in [0.2, 0.25) is 5.91 Å². The molecule has 1 aromatic rings. The molecule has 2 fully saturated rings. The Kier molecular flexibility index (Phi) is 8.13. The lowest BCUT2D eigenvalue weighted by atomic mass is 9.85. The summed E-state index contributed by atoms with van der Waals surface area (Å²) >= 11 is 0. The summed E-state index contributed by atoms with van der Waals surface area (Å²) in [7, 11) is 0. The number of hydrogen-bond acceptors (Lipinski definition) is 4. The molecule has 1 aromatic heterocycles. The first-order chi connectivity index (χ1) is 18.1. The molecule has 0 N–H and O–H groups in total. The minimum absolute atomic E-state index is 0.0127. The van der Waals surface area contributed by atoms with E-state index in [1.54, 1.807) is 6.92 Å². The van der Waals surface area contributed by atoms with Crippen LogP contribution in [0, 0.1) is 23.7 Å². The molecule has 2 amide bonds. The first-order valence-corrected chi connectivity index (χ1v) is 13.2. The van der Waals surface area contributed by atoms with Crippen molar-refractivity contribution in [3.8, 4) is 0 Å². The minimum atomic E-state index is -5.08. The highest BCUT2D eigenvalue weighted by Crippen LogP contribution is 2.43. The molecule has 0 radical (unpaired) electrons. The predicted octanol–water partition coefficient (Wildman–Crippen LogP) is 4.08. The lowest BCUT2D eigenvalue weighted by Crippen LogP contribution is -2.56. The van der Waals surface area contributed by atoms with E-state index in [1.165, 1.54) is 9.47 Å². The molecule has 1 aliphatic carbocycles. The smallest absolute Gasteiger partial charge is 0.381 e. The second-order valence-corrected chi connectivity index (χ2v) is 11.2. The number of ether oxygens (including phenoxy) is 1. The third-order valence-electron chi connectivity index (χ3n) is 8.38.